The van der Waals surface area contributed by atoms with E-state index >= 15 is 0 Å². The van der Waals surface area contributed by atoms with Crippen molar-refractivity contribution in [3.05, 3.63) is 95.4 Å². The molecule has 0 bridgehead atoms. The van der Waals surface area contributed by atoms with Gasteiger partial charge in [-0.2, -0.15) is 9.78 Å². The van der Waals surface area contributed by atoms with Gasteiger partial charge in [-0.25, -0.2) is 9.97 Å². The van der Waals surface area contributed by atoms with Crippen LogP contribution in [0.25, 0.3) is 5.95 Å². The molecule has 2 aromatic carbocycles. The van der Waals surface area contributed by atoms with Gasteiger partial charge in [-0.05, 0) is 36.2 Å². The Morgan fingerprint density at radius 2 is 1.87 bits per heavy atom. The number of amides is 1. The van der Waals surface area contributed by atoms with E-state index in [0.29, 0.717) is 24.8 Å². The van der Waals surface area contributed by atoms with Crippen LogP contribution >= 0.6 is 0 Å². The number of aromatic nitrogens is 4. The Morgan fingerprint density at radius 1 is 1.06 bits per heavy atom. The molecule has 1 aliphatic rings. The lowest BCUT2D eigenvalue weighted by Crippen LogP contribution is -2.25. The van der Waals surface area contributed by atoms with Crippen molar-refractivity contribution in [3.63, 3.8) is 0 Å². The van der Waals surface area contributed by atoms with Crippen LogP contribution < -0.4 is 10.1 Å². The molecule has 154 valence electrons. The molecule has 0 saturated heterocycles. The van der Waals surface area contributed by atoms with Crippen LogP contribution in [0.2, 0.25) is 0 Å². The average Bonchev–Trinajstić information content (AvgIpc) is 3.15. The zero-order valence-corrected chi connectivity index (χ0v) is 17.0. The van der Waals surface area contributed by atoms with Gasteiger partial charge in [0.2, 0.25) is 5.91 Å². The Hall–Kier alpha value is -4.00. The third kappa shape index (κ3) is 3.77. The van der Waals surface area contributed by atoms with Crippen molar-refractivity contribution in [3.8, 4) is 11.7 Å². The smallest absolute Gasteiger partial charge is 0.252 e. The molecule has 3 heterocycles. The molecule has 0 aliphatic carbocycles. The zero-order valence-electron chi connectivity index (χ0n) is 17.0. The number of rotatable bonds is 5. The SMILES string of the molecule is Cc1nn(-c2ncccn2)c2c1C(c1cccc(OCc3ccccc3)c1)CC(=O)N2. The maximum absolute atomic E-state index is 12.6. The number of nitrogens with zero attached hydrogens (tertiary/aromatic N) is 4. The van der Waals surface area contributed by atoms with Gasteiger partial charge in [0.1, 0.15) is 18.2 Å². The number of aryl methyl sites for hydroxylation is 1. The molecule has 5 rings (SSSR count). The van der Waals surface area contributed by atoms with Gasteiger partial charge < -0.3 is 10.1 Å². The predicted molar refractivity (Wildman–Crippen MR) is 116 cm³/mol. The van der Waals surface area contributed by atoms with Crippen molar-refractivity contribution in [2.75, 3.05) is 5.32 Å². The Balaban J connectivity index is 1.48. The van der Waals surface area contributed by atoms with Crippen LogP contribution in [0.4, 0.5) is 5.82 Å². The molecule has 7 nitrogen and oxygen atoms in total. The molecular formula is C24H21N5O2. The first-order chi connectivity index (χ1) is 15.2. The standard InChI is InChI=1S/C24H21N5O2/c1-16-22-20(14-21(30)27-23(22)29(28-16)24-25-11-6-12-26-24)18-9-5-10-19(13-18)31-15-17-7-3-2-4-8-17/h2-13,20H,14-15H2,1H3,(H,27,30). The lowest BCUT2D eigenvalue weighted by Gasteiger charge is -2.24. The summed E-state index contributed by atoms with van der Waals surface area (Å²) in [5.41, 5.74) is 3.93. The summed E-state index contributed by atoms with van der Waals surface area (Å²) in [5, 5.41) is 7.58. The van der Waals surface area contributed by atoms with Crippen LogP contribution in [-0.4, -0.2) is 25.7 Å². The number of benzene rings is 2. The van der Waals surface area contributed by atoms with Gasteiger partial charge in [-0.15, -0.1) is 0 Å². The van der Waals surface area contributed by atoms with Crippen LogP contribution in [0.1, 0.15) is 34.7 Å². The molecule has 1 atom stereocenters. The number of carbonyl (C=O) groups is 1. The molecule has 1 amide bonds. The van der Waals surface area contributed by atoms with Crippen LogP contribution in [0, 0.1) is 6.92 Å². The van der Waals surface area contributed by atoms with Crippen molar-refractivity contribution in [1.29, 1.82) is 0 Å². The quantitative estimate of drug-likeness (QED) is 0.536. The molecule has 2 aromatic heterocycles. The van der Waals surface area contributed by atoms with Gasteiger partial charge in [-0.3, -0.25) is 4.79 Å². The maximum Gasteiger partial charge on any atom is 0.252 e. The highest BCUT2D eigenvalue weighted by Crippen LogP contribution is 2.40. The molecule has 0 saturated carbocycles. The van der Waals surface area contributed by atoms with E-state index in [9.17, 15) is 4.79 Å². The number of nitrogens with one attached hydrogen (secondary N) is 1. The van der Waals surface area contributed by atoms with Crippen molar-refractivity contribution in [2.24, 2.45) is 0 Å². The largest absolute Gasteiger partial charge is 0.489 e. The van der Waals surface area contributed by atoms with Gasteiger partial charge in [-0.1, -0.05) is 42.5 Å². The van der Waals surface area contributed by atoms with E-state index < -0.39 is 0 Å². The Bertz CT molecular complexity index is 1220. The van der Waals surface area contributed by atoms with E-state index in [4.69, 9.17) is 4.74 Å². The summed E-state index contributed by atoms with van der Waals surface area (Å²) in [5.74, 6) is 1.63. The fourth-order valence-electron chi connectivity index (χ4n) is 3.94. The summed E-state index contributed by atoms with van der Waals surface area (Å²) in [6.07, 6.45) is 3.65. The number of ether oxygens (including phenoxy) is 1. The molecule has 0 fully saturated rings. The first-order valence-electron chi connectivity index (χ1n) is 10.1. The summed E-state index contributed by atoms with van der Waals surface area (Å²) in [6, 6.07) is 19.7. The predicted octanol–water partition coefficient (Wildman–Crippen LogP) is 4.02. The third-order valence-corrected chi connectivity index (χ3v) is 5.35. The lowest BCUT2D eigenvalue weighted by molar-refractivity contribution is -0.116. The number of fused-ring (bicyclic) bond motifs is 1. The summed E-state index contributed by atoms with van der Waals surface area (Å²) < 4.78 is 7.60. The highest BCUT2D eigenvalue weighted by molar-refractivity contribution is 5.95. The summed E-state index contributed by atoms with van der Waals surface area (Å²) in [7, 11) is 0. The molecule has 0 radical (unpaired) electrons. The van der Waals surface area contributed by atoms with Crippen LogP contribution in [0.15, 0.2) is 73.1 Å². The average molecular weight is 411 g/mol. The van der Waals surface area contributed by atoms with Crippen LogP contribution in [-0.2, 0) is 11.4 Å². The minimum atomic E-state index is -0.124. The second-order valence-electron chi connectivity index (χ2n) is 7.46. The number of hydrogen-bond donors (Lipinski definition) is 1. The van der Waals surface area contributed by atoms with Crippen molar-refractivity contribution in [2.45, 2.75) is 25.9 Å². The molecular weight excluding hydrogens is 390 g/mol. The second kappa shape index (κ2) is 8.02. The minimum absolute atomic E-state index is 0.0646. The van der Waals surface area contributed by atoms with Gasteiger partial charge in [0.25, 0.3) is 5.95 Å². The topological polar surface area (TPSA) is 81.9 Å². The molecule has 1 N–H and O–H groups in total. The molecule has 4 aromatic rings. The zero-order chi connectivity index (χ0) is 21.2. The second-order valence-corrected chi connectivity index (χ2v) is 7.46. The lowest BCUT2D eigenvalue weighted by atomic mass is 9.86. The van der Waals surface area contributed by atoms with E-state index in [1.54, 1.807) is 23.1 Å². The van der Waals surface area contributed by atoms with Crippen molar-refractivity contribution >= 4 is 11.7 Å². The third-order valence-electron chi connectivity index (χ3n) is 5.35. The van der Waals surface area contributed by atoms with E-state index in [2.05, 4.69) is 20.4 Å². The van der Waals surface area contributed by atoms with E-state index in [-0.39, 0.29) is 11.8 Å². The van der Waals surface area contributed by atoms with Gasteiger partial charge in [0.15, 0.2) is 0 Å². The van der Waals surface area contributed by atoms with Gasteiger partial charge in [0.05, 0.1) is 5.69 Å². The number of carbonyl (C=O) groups excluding carboxylic acids is 1. The molecule has 1 unspecified atom stereocenters. The number of hydrogen-bond acceptors (Lipinski definition) is 5. The monoisotopic (exact) mass is 411 g/mol. The normalized spacial score (nSPS) is 15.3. The Morgan fingerprint density at radius 3 is 2.68 bits per heavy atom. The van der Waals surface area contributed by atoms with Crippen LogP contribution in [0.3, 0.4) is 0 Å². The van der Waals surface area contributed by atoms with E-state index in [0.717, 1.165) is 28.1 Å². The van der Waals surface area contributed by atoms with Crippen LogP contribution in [0.5, 0.6) is 5.75 Å². The van der Waals surface area contributed by atoms with Gasteiger partial charge in [0, 0.05) is 30.3 Å². The highest BCUT2D eigenvalue weighted by Gasteiger charge is 2.33. The molecule has 7 heteroatoms. The molecule has 1 aliphatic heterocycles. The Kier molecular flexibility index (Phi) is 4.92. The summed E-state index contributed by atoms with van der Waals surface area (Å²) >= 11 is 0. The summed E-state index contributed by atoms with van der Waals surface area (Å²) in [4.78, 5) is 21.1. The minimum Gasteiger partial charge on any atom is -0.489 e. The van der Waals surface area contributed by atoms with E-state index in [1.807, 2.05) is 61.5 Å². The fourth-order valence-corrected chi connectivity index (χ4v) is 3.94. The van der Waals surface area contributed by atoms with Crippen molar-refractivity contribution < 1.29 is 9.53 Å². The Labute approximate surface area is 179 Å². The fraction of sp³-hybridized carbons (Fsp3) is 0.167. The maximum atomic E-state index is 12.6. The molecule has 31 heavy (non-hydrogen) atoms. The first kappa shape index (κ1) is 19.0. The highest BCUT2D eigenvalue weighted by atomic mass is 16.5. The van der Waals surface area contributed by atoms with Crippen molar-refractivity contribution in [1.82, 2.24) is 19.7 Å². The first-order valence-corrected chi connectivity index (χ1v) is 10.1. The summed E-state index contributed by atoms with van der Waals surface area (Å²) in [6.45, 7) is 2.43. The van der Waals surface area contributed by atoms with E-state index in [1.165, 1.54) is 0 Å². The molecule has 0 spiro atoms. The van der Waals surface area contributed by atoms with Gasteiger partial charge >= 0.3 is 0 Å². The number of anilines is 1.